The van der Waals surface area contributed by atoms with Crippen LogP contribution in [0.3, 0.4) is 0 Å². The van der Waals surface area contributed by atoms with Crippen LogP contribution < -0.4 is 4.74 Å². The number of methoxy groups -OCH3 is 1. The van der Waals surface area contributed by atoms with Crippen LogP contribution in [0.25, 0.3) is 0 Å². The summed E-state index contributed by atoms with van der Waals surface area (Å²) in [4.78, 5) is 21.3. The number of carbonyl (C=O) groups is 1. The molecule has 6 heteroatoms. The number of carbonyl (C=O) groups excluding carboxylic acids is 1. The quantitative estimate of drug-likeness (QED) is 0.847. The standard InChI is InChI=1S/C20H25N3O3/c1-13-19(26-12-21-13)20(24)23-9-8-18-17(11-23)16(10-22(18)2)14-4-6-15(25-3)7-5-14/h4-7,12,16-18H,8-11H2,1-3H3/t16-,17-,18-/m1/s1. The van der Waals surface area contributed by atoms with Crippen LogP contribution in [-0.2, 0) is 0 Å². The molecule has 0 unspecified atom stereocenters. The number of rotatable bonds is 3. The normalized spacial score (nSPS) is 26.0. The highest BCUT2D eigenvalue weighted by Crippen LogP contribution is 2.41. The molecule has 138 valence electrons. The number of amides is 1. The fourth-order valence-electron chi connectivity index (χ4n) is 4.53. The summed E-state index contributed by atoms with van der Waals surface area (Å²) in [5.41, 5.74) is 1.97. The molecule has 0 aliphatic carbocycles. The van der Waals surface area contributed by atoms with Gasteiger partial charge in [0.2, 0.25) is 5.76 Å². The van der Waals surface area contributed by atoms with E-state index >= 15 is 0 Å². The Bertz CT molecular complexity index is 786. The molecule has 2 aliphatic heterocycles. The molecule has 0 spiro atoms. The molecule has 6 nitrogen and oxygen atoms in total. The van der Waals surface area contributed by atoms with Crippen molar-refractivity contribution in [2.45, 2.75) is 25.3 Å². The second-order valence-electron chi connectivity index (χ2n) is 7.36. The van der Waals surface area contributed by atoms with Gasteiger partial charge in [0.25, 0.3) is 5.91 Å². The first-order chi connectivity index (χ1) is 12.6. The van der Waals surface area contributed by atoms with E-state index in [2.05, 4.69) is 29.1 Å². The van der Waals surface area contributed by atoms with Gasteiger partial charge in [-0.05, 0) is 38.1 Å². The summed E-state index contributed by atoms with van der Waals surface area (Å²) in [5.74, 6) is 2.05. The van der Waals surface area contributed by atoms with Crippen LogP contribution in [0.15, 0.2) is 35.1 Å². The third-order valence-corrected chi connectivity index (χ3v) is 5.96. The number of hydrogen-bond donors (Lipinski definition) is 0. The lowest BCUT2D eigenvalue weighted by atomic mass is 9.81. The Morgan fingerprint density at radius 3 is 2.69 bits per heavy atom. The summed E-state index contributed by atoms with van der Waals surface area (Å²) in [6, 6.07) is 8.86. The summed E-state index contributed by atoms with van der Waals surface area (Å²) in [6.45, 7) is 4.35. The number of piperidine rings is 1. The van der Waals surface area contributed by atoms with Gasteiger partial charge in [-0.15, -0.1) is 0 Å². The molecule has 2 aliphatic rings. The number of ether oxygens (including phenoxy) is 1. The molecule has 26 heavy (non-hydrogen) atoms. The number of likely N-dealkylation sites (tertiary alicyclic amines) is 2. The molecular formula is C20H25N3O3. The number of nitrogens with zero attached hydrogens (tertiary/aromatic N) is 3. The van der Waals surface area contributed by atoms with Gasteiger partial charge in [0.1, 0.15) is 5.75 Å². The Labute approximate surface area is 153 Å². The lowest BCUT2D eigenvalue weighted by molar-refractivity contribution is 0.0576. The molecule has 0 radical (unpaired) electrons. The van der Waals surface area contributed by atoms with Crippen LogP contribution in [0.1, 0.15) is 34.2 Å². The molecule has 3 heterocycles. The van der Waals surface area contributed by atoms with E-state index in [0.717, 1.165) is 31.8 Å². The van der Waals surface area contributed by atoms with E-state index in [-0.39, 0.29) is 5.91 Å². The maximum atomic E-state index is 12.8. The van der Waals surface area contributed by atoms with Crippen molar-refractivity contribution in [2.75, 3.05) is 33.8 Å². The predicted octanol–water partition coefficient (Wildman–Crippen LogP) is 2.55. The molecule has 2 aromatic rings. The van der Waals surface area contributed by atoms with Crippen molar-refractivity contribution in [3.63, 3.8) is 0 Å². The Balaban J connectivity index is 1.55. The van der Waals surface area contributed by atoms with Gasteiger partial charge >= 0.3 is 0 Å². The molecule has 2 fully saturated rings. The van der Waals surface area contributed by atoms with Crippen LogP contribution in [0, 0.1) is 12.8 Å². The molecule has 0 bridgehead atoms. The number of aryl methyl sites for hydroxylation is 1. The van der Waals surface area contributed by atoms with E-state index in [1.54, 1.807) is 7.11 Å². The highest BCUT2D eigenvalue weighted by molar-refractivity contribution is 5.92. The van der Waals surface area contributed by atoms with Crippen LogP contribution in [-0.4, -0.2) is 60.5 Å². The van der Waals surface area contributed by atoms with Gasteiger partial charge in [-0.25, -0.2) is 4.98 Å². The van der Waals surface area contributed by atoms with Crippen molar-refractivity contribution in [3.05, 3.63) is 47.7 Å². The van der Waals surface area contributed by atoms with Crippen LogP contribution in [0.2, 0.25) is 0 Å². The second kappa shape index (κ2) is 6.76. The Hall–Kier alpha value is -2.34. The summed E-state index contributed by atoms with van der Waals surface area (Å²) in [6.07, 6.45) is 2.34. The minimum Gasteiger partial charge on any atom is -0.497 e. The fraction of sp³-hybridized carbons (Fsp3) is 0.500. The number of fused-ring (bicyclic) bond motifs is 1. The SMILES string of the molecule is COc1ccc([C@H]2CN(C)[C@@H]3CCN(C(=O)c4ocnc4C)C[C@H]23)cc1. The maximum absolute atomic E-state index is 12.8. The zero-order valence-electron chi connectivity index (χ0n) is 15.5. The van der Waals surface area contributed by atoms with E-state index in [0.29, 0.717) is 29.3 Å². The lowest BCUT2D eigenvalue weighted by Gasteiger charge is -2.38. The van der Waals surface area contributed by atoms with Gasteiger partial charge < -0.3 is 19.0 Å². The van der Waals surface area contributed by atoms with E-state index in [1.165, 1.54) is 12.0 Å². The van der Waals surface area contributed by atoms with Gasteiger partial charge in [0.05, 0.1) is 12.8 Å². The molecule has 4 rings (SSSR count). The Kier molecular flexibility index (Phi) is 4.44. The van der Waals surface area contributed by atoms with Crippen LogP contribution in [0.5, 0.6) is 5.75 Å². The number of benzene rings is 1. The zero-order chi connectivity index (χ0) is 18.3. The first kappa shape index (κ1) is 17.1. The molecule has 2 saturated heterocycles. The largest absolute Gasteiger partial charge is 0.497 e. The van der Waals surface area contributed by atoms with Gasteiger partial charge in [-0.3, -0.25) is 4.79 Å². The Morgan fingerprint density at radius 2 is 2.04 bits per heavy atom. The van der Waals surface area contributed by atoms with Crippen LogP contribution >= 0.6 is 0 Å². The molecule has 3 atom stereocenters. The van der Waals surface area contributed by atoms with E-state index in [9.17, 15) is 4.79 Å². The third-order valence-electron chi connectivity index (χ3n) is 5.96. The van der Waals surface area contributed by atoms with E-state index in [4.69, 9.17) is 9.15 Å². The first-order valence-corrected chi connectivity index (χ1v) is 9.12. The van der Waals surface area contributed by atoms with E-state index < -0.39 is 0 Å². The number of likely N-dealkylation sites (N-methyl/N-ethyl adjacent to an activating group) is 1. The van der Waals surface area contributed by atoms with Gasteiger partial charge in [-0.2, -0.15) is 0 Å². The highest BCUT2D eigenvalue weighted by Gasteiger charge is 2.45. The molecule has 0 saturated carbocycles. The summed E-state index contributed by atoms with van der Waals surface area (Å²) in [7, 11) is 3.88. The maximum Gasteiger partial charge on any atom is 0.291 e. The average Bonchev–Trinajstić information content (AvgIpc) is 3.24. The van der Waals surface area contributed by atoms with Crippen molar-refractivity contribution >= 4 is 5.91 Å². The average molecular weight is 355 g/mol. The number of aromatic nitrogens is 1. The summed E-state index contributed by atoms with van der Waals surface area (Å²) < 4.78 is 10.6. The molecule has 0 N–H and O–H groups in total. The monoisotopic (exact) mass is 355 g/mol. The molecule has 1 amide bonds. The van der Waals surface area contributed by atoms with Crippen molar-refractivity contribution in [3.8, 4) is 5.75 Å². The summed E-state index contributed by atoms with van der Waals surface area (Å²) >= 11 is 0. The van der Waals surface area contributed by atoms with Crippen LogP contribution in [0.4, 0.5) is 0 Å². The van der Waals surface area contributed by atoms with E-state index in [1.807, 2.05) is 24.0 Å². The van der Waals surface area contributed by atoms with Crippen molar-refractivity contribution in [1.29, 1.82) is 0 Å². The fourth-order valence-corrected chi connectivity index (χ4v) is 4.53. The lowest BCUT2D eigenvalue weighted by Crippen LogP contribution is -2.48. The van der Waals surface area contributed by atoms with Gasteiger partial charge in [-0.1, -0.05) is 12.1 Å². The molecule has 1 aromatic heterocycles. The minimum atomic E-state index is -0.0403. The molecular weight excluding hydrogens is 330 g/mol. The number of hydrogen-bond acceptors (Lipinski definition) is 5. The van der Waals surface area contributed by atoms with Crippen molar-refractivity contribution < 1.29 is 13.9 Å². The molecule has 1 aromatic carbocycles. The smallest absolute Gasteiger partial charge is 0.291 e. The topological polar surface area (TPSA) is 58.8 Å². The van der Waals surface area contributed by atoms with Gasteiger partial charge in [0, 0.05) is 37.5 Å². The minimum absolute atomic E-state index is 0.0403. The number of oxazole rings is 1. The van der Waals surface area contributed by atoms with Crippen molar-refractivity contribution in [2.24, 2.45) is 5.92 Å². The highest BCUT2D eigenvalue weighted by atomic mass is 16.5. The zero-order valence-corrected chi connectivity index (χ0v) is 15.5. The predicted molar refractivity (Wildman–Crippen MR) is 97.4 cm³/mol. The van der Waals surface area contributed by atoms with Crippen molar-refractivity contribution in [1.82, 2.24) is 14.8 Å². The second-order valence-corrected chi connectivity index (χ2v) is 7.36. The van der Waals surface area contributed by atoms with Gasteiger partial charge in [0.15, 0.2) is 6.39 Å². The first-order valence-electron chi connectivity index (χ1n) is 9.12. The third kappa shape index (κ3) is 2.88. The Morgan fingerprint density at radius 1 is 1.27 bits per heavy atom. The summed E-state index contributed by atoms with van der Waals surface area (Å²) in [5, 5.41) is 0.